The summed E-state index contributed by atoms with van der Waals surface area (Å²) in [5.41, 5.74) is 1.15. The first kappa shape index (κ1) is 17.0. The summed E-state index contributed by atoms with van der Waals surface area (Å²) in [6, 6.07) is 0.222. The average molecular weight is 349 g/mol. The lowest BCUT2D eigenvalue weighted by Gasteiger charge is -2.31. The molecule has 1 atom stereocenters. The quantitative estimate of drug-likeness (QED) is 0.895. The fraction of sp³-hybridized carbons (Fsp3) is 0.625. The number of aliphatic hydroxyl groups is 1. The molecule has 1 fully saturated rings. The summed E-state index contributed by atoms with van der Waals surface area (Å²) in [5, 5.41) is 20.5. The number of hydrogen-bond donors (Lipinski definition) is 1. The van der Waals surface area contributed by atoms with Crippen LogP contribution in [0.2, 0.25) is 0 Å². The molecule has 0 saturated carbocycles. The van der Waals surface area contributed by atoms with Crippen molar-refractivity contribution in [1.29, 1.82) is 0 Å². The second-order valence-corrected chi connectivity index (χ2v) is 7.14. The van der Waals surface area contributed by atoms with Gasteiger partial charge in [-0.3, -0.25) is 4.79 Å². The van der Waals surface area contributed by atoms with Gasteiger partial charge in [0.15, 0.2) is 0 Å². The van der Waals surface area contributed by atoms with Crippen LogP contribution >= 0.6 is 11.3 Å². The molecular formula is C16H23N5O2S. The van der Waals surface area contributed by atoms with Crippen LogP contribution in [0.3, 0.4) is 0 Å². The van der Waals surface area contributed by atoms with E-state index in [-0.39, 0.29) is 11.9 Å². The molecular weight excluding hydrogens is 326 g/mol. The number of rotatable bonds is 5. The van der Waals surface area contributed by atoms with E-state index < -0.39 is 6.10 Å². The first-order valence-electron chi connectivity index (χ1n) is 8.42. The van der Waals surface area contributed by atoms with Crippen LogP contribution in [0.4, 0.5) is 0 Å². The molecule has 1 aliphatic heterocycles. The molecule has 0 aliphatic carbocycles. The Hall–Kier alpha value is -1.80. The molecule has 1 amide bonds. The molecule has 1 N–H and O–H groups in total. The number of thiazole rings is 1. The molecule has 1 saturated heterocycles. The van der Waals surface area contributed by atoms with Crippen molar-refractivity contribution in [3.05, 3.63) is 28.0 Å². The number of aliphatic hydroxyl groups excluding tert-OH is 1. The molecule has 7 nitrogen and oxygen atoms in total. The van der Waals surface area contributed by atoms with Crippen molar-refractivity contribution in [3.8, 4) is 0 Å². The lowest BCUT2D eigenvalue weighted by Crippen LogP contribution is -2.39. The summed E-state index contributed by atoms with van der Waals surface area (Å²) in [5.74, 6) is 0.0234. The molecule has 2 aromatic rings. The van der Waals surface area contributed by atoms with Crippen LogP contribution in [0, 0.1) is 0 Å². The molecule has 0 aromatic carbocycles. The Morgan fingerprint density at radius 2 is 2.21 bits per heavy atom. The van der Waals surface area contributed by atoms with E-state index in [2.05, 4.69) is 22.2 Å². The van der Waals surface area contributed by atoms with Crippen LogP contribution in [-0.2, 0) is 6.42 Å². The highest BCUT2D eigenvalue weighted by Crippen LogP contribution is 2.24. The number of nitrogens with zero attached hydrogens (tertiary/aromatic N) is 5. The van der Waals surface area contributed by atoms with Crippen molar-refractivity contribution in [2.24, 2.45) is 0 Å². The lowest BCUT2D eigenvalue weighted by molar-refractivity contribution is 0.0684. The van der Waals surface area contributed by atoms with Gasteiger partial charge in [0, 0.05) is 18.5 Å². The van der Waals surface area contributed by atoms with E-state index in [0.717, 1.165) is 30.7 Å². The van der Waals surface area contributed by atoms with Crippen LogP contribution in [-0.4, -0.2) is 49.0 Å². The molecule has 1 aliphatic rings. The van der Waals surface area contributed by atoms with Crippen molar-refractivity contribution >= 4 is 17.2 Å². The zero-order valence-electron chi connectivity index (χ0n) is 14.1. The van der Waals surface area contributed by atoms with E-state index in [1.165, 1.54) is 0 Å². The maximum Gasteiger partial charge on any atom is 0.273 e. The predicted molar refractivity (Wildman–Crippen MR) is 90.9 cm³/mol. The smallest absolute Gasteiger partial charge is 0.273 e. The molecule has 0 radical (unpaired) electrons. The molecule has 2 aromatic heterocycles. The van der Waals surface area contributed by atoms with E-state index in [1.807, 2.05) is 15.0 Å². The predicted octanol–water partition coefficient (Wildman–Crippen LogP) is 2.22. The van der Waals surface area contributed by atoms with Gasteiger partial charge in [-0.2, -0.15) is 0 Å². The van der Waals surface area contributed by atoms with E-state index in [1.54, 1.807) is 24.5 Å². The molecule has 0 unspecified atom stereocenters. The van der Waals surface area contributed by atoms with Gasteiger partial charge < -0.3 is 10.0 Å². The van der Waals surface area contributed by atoms with E-state index in [4.69, 9.17) is 0 Å². The van der Waals surface area contributed by atoms with Crippen LogP contribution in [0.15, 0.2) is 11.6 Å². The van der Waals surface area contributed by atoms with Crippen molar-refractivity contribution in [3.63, 3.8) is 0 Å². The van der Waals surface area contributed by atoms with Crippen molar-refractivity contribution in [2.75, 3.05) is 13.1 Å². The Labute approximate surface area is 145 Å². The fourth-order valence-electron chi connectivity index (χ4n) is 2.89. The summed E-state index contributed by atoms with van der Waals surface area (Å²) in [6.07, 6.45) is 4.82. The molecule has 3 heterocycles. The van der Waals surface area contributed by atoms with E-state index in [0.29, 0.717) is 24.5 Å². The SMILES string of the molecule is CCCc1nc(C(=O)N2CCC(n3cc([C@H](C)O)nn3)CC2)cs1. The highest BCUT2D eigenvalue weighted by molar-refractivity contribution is 7.09. The third-order valence-electron chi connectivity index (χ3n) is 4.32. The Morgan fingerprint density at radius 3 is 2.83 bits per heavy atom. The lowest BCUT2D eigenvalue weighted by atomic mass is 10.0. The third kappa shape index (κ3) is 3.64. The highest BCUT2D eigenvalue weighted by Gasteiger charge is 2.26. The normalized spacial score (nSPS) is 17.2. The minimum Gasteiger partial charge on any atom is -0.387 e. The summed E-state index contributed by atoms with van der Waals surface area (Å²) in [7, 11) is 0. The zero-order chi connectivity index (χ0) is 17.1. The van der Waals surface area contributed by atoms with Gasteiger partial charge in [0.2, 0.25) is 0 Å². The van der Waals surface area contributed by atoms with Crippen LogP contribution in [0.1, 0.15) is 66.4 Å². The number of piperidine rings is 1. The van der Waals surface area contributed by atoms with Gasteiger partial charge in [0.05, 0.1) is 23.4 Å². The van der Waals surface area contributed by atoms with Crippen LogP contribution < -0.4 is 0 Å². The van der Waals surface area contributed by atoms with Gasteiger partial charge in [-0.05, 0) is 32.6 Å². The standard InChI is InChI=1S/C16H23N5O2S/c1-3-4-15-17-14(10-24-15)16(23)20-7-5-12(6-8-20)21-9-13(11(2)22)18-19-21/h9-12,22H,3-8H2,1-2H3/t11-/m0/s1. The van der Waals surface area contributed by atoms with Gasteiger partial charge in [-0.25, -0.2) is 9.67 Å². The number of likely N-dealkylation sites (tertiary alicyclic amines) is 1. The Morgan fingerprint density at radius 1 is 1.46 bits per heavy atom. The number of aryl methyl sites for hydroxylation is 1. The number of aromatic nitrogens is 4. The molecule has 130 valence electrons. The van der Waals surface area contributed by atoms with Crippen LogP contribution in [0.5, 0.6) is 0 Å². The fourth-order valence-corrected chi connectivity index (χ4v) is 3.77. The number of carbonyl (C=O) groups excluding carboxylic acids is 1. The van der Waals surface area contributed by atoms with E-state index in [9.17, 15) is 9.90 Å². The molecule has 0 spiro atoms. The average Bonchev–Trinajstić information content (AvgIpc) is 3.24. The second-order valence-electron chi connectivity index (χ2n) is 6.20. The highest BCUT2D eigenvalue weighted by atomic mass is 32.1. The second kappa shape index (κ2) is 7.40. The zero-order valence-corrected chi connectivity index (χ0v) is 14.9. The van der Waals surface area contributed by atoms with Gasteiger partial charge in [0.1, 0.15) is 11.4 Å². The van der Waals surface area contributed by atoms with Crippen molar-refractivity contribution < 1.29 is 9.90 Å². The van der Waals surface area contributed by atoms with Crippen molar-refractivity contribution in [2.45, 2.75) is 51.7 Å². The third-order valence-corrected chi connectivity index (χ3v) is 5.23. The molecule has 24 heavy (non-hydrogen) atoms. The van der Waals surface area contributed by atoms with Gasteiger partial charge >= 0.3 is 0 Å². The maximum atomic E-state index is 12.6. The van der Waals surface area contributed by atoms with Gasteiger partial charge in [-0.1, -0.05) is 12.1 Å². The summed E-state index contributed by atoms with van der Waals surface area (Å²) in [4.78, 5) is 18.9. The first-order valence-corrected chi connectivity index (χ1v) is 9.30. The summed E-state index contributed by atoms with van der Waals surface area (Å²) < 4.78 is 1.81. The van der Waals surface area contributed by atoms with Gasteiger partial charge in [-0.15, -0.1) is 16.4 Å². The number of amides is 1. The molecule has 3 rings (SSSR count). The van der Waals surface area contributed by atoms with E-state index >= 15 is 0 Å². The summed E-state index contributed by atoms with van der Waals surface area (Å²) >= 11 is 1.56. The maximum absolute atomic E-state index is 12.6. The topological polar surface area (TPSA) is 84.1 Å². The van der Waals surface area contributed by atoms with Crippen molar-refractivity contribution in [1.82, 2.24) is 24.9 Å². The monoisotopic (exact) mass is 349 g/mol. The number of hydrogen-bond acceptors (Lipinski definition) is 6. The molecule has 0 bridgehead atoms. The first-order chi connectivity index (χ1) is 11.6. The Balaban J connectivity index is 1.58. The molecule has 8 heteroatoms. The largest absolute Gasteiger partial charge is 0.387 e. The Kier molecular flexibility index (Phi) is 5.25. The van der Waals surface area contributed by atoms with Crippen LogP contribution in [0.25, 0.3) is 0 Å². The minimum absolute atomic E-state index is 0.0234. The minimum atomic E-state index is -0.609. The number of carbonyl (C=O) groups is 1. The summed E-state index contributed by atoms with van der Waals surface area (Å²) in [6.45, 7) is 5.17. The Bertz CT molecular complexity index is 688. The van der Waals surface area contributed by atoms with Gasteiger partial charge in [0.25, 0.3) is 5.91 Å².